The zero-order chi connectivity index (χ0) is 20.7. The van der Waals surface area contributed by atoms with Crippen molar-refractivity contribution in [2.45, 2.75) is 39.7 Å². The van der Waals surface area contributed by atoms with E-state index in [1.807, 2.05) is 13.0 Å². The molecule has 0 aromatic heterocycles. The summed E-state index contributed by atoms with van der Waals surface area (Å²) in [5.74, 6) is -0.723. The van der Waals surface area contributed by atoms with Crippen LogP contribution in [-0.4, -0.2) is 27.9 Å². The molecule has 1 aromatic rings. The van der Waals surface area contributed by atoms with Gasteiger partial charge in [-0.05, 0) is 36.6 Å². The number of amides is 1. The van der Waals surface area contributed by atoms with E-state index in [0.29, 0.717) is 12.3 Å². The monoisotopic (exact) mass is 381 g/mol. The molecular formula is C23H27NO4. The summed E-state index contributed by atoms with van der Waals surface area (Å²) >= 11 is 0. The summed E-state index contributed by atoms with van der Waals surface area (Å²) in [6.45, 7) is 6.26. The van der Waals surface area contributed by atoms with Gasteiger partial charge in [0.25, 0.3) is 5.91 Å². The molecule has 1 fully saturated rings. The van der Waals surface area contributed by atoms with Crippen LogP contribution in [0.15, 0.2) is 71.6 Å². The zero-order valence-electron chi connectivity index (χ0n) is 16.5. The number of nitrogens with one attached hydrogen (secondary N) is 1. The molecular weight excluding hydrogens is 354 g/mol. The summed E-state index contributed by atoms with van der Waals surface area (Å²) in [6, 6.07) is 5.71. The number of phenolic OH excluding ortho intramolecular Hbond substituents is 1. The molecule has 0 spiro atoms. The molecule has 5 heteroatoms. The molecule has 2 rings (SSSR count). The summed E-state index contributed by atoms with van der Waals surface area (Å²) in [5, 5.41) is 22.1. The third-order valence-corrected chi connectivity index (χ3v) is 4.64. The lowest BCUT2D eigenvalue weighted by molar-refractivity contribution is -0.117. The number of carbonyl (C=O) groups is 2. The Kier molecular flexibility index (Phi) is 7.38. The predicted molar refractivity (Wildman–Crippen MR) is 110 cm³/mol. The number of phenols is 1. The van der Waals surface area contributed by atoms with Crippen molar-refractivity contribution < 1.29 is 19.8 Å². The quantitative estimate of drug-likeness (QED) is 0.289. The molecule has 0 saturated carbocycles. The van der Waals surface area contributed by atoms with Gasteiger partial charge >= 0.3 is 0 Å². The van der Waals surface area contributed by atoms with Crippen LogP contribution in [0.4, 0.5) is 0 Å². The van der Waals surface area contributed by atoms with Crippen LogP contribution < -0.4 is 5.32 Å². The molecule has 5 nitrogen and oxygen atoms in total. The minimum Gasteiger partial charge on any atom is -0.508 e. The Morgan fingerprint density at radius 3 is 2.46 bits per heavy atom. The van der Waals surface area contributed by atoms with E-state index < -0.39 is 17.7 Å². The number of aliphatic hydroxyl groups is 1. The first-order valence-corrected chi connectivity index (χ1v) is 9.41. The SMILES string of the molecule is CCC(C)/C=C(C)/C=C/C=C/C(O)=C1\C(=O)NC(Cc2ccc(O)cc2)C1=O. The van der Waals surface area contributed by atoms with Gasteiger partial charge in [0.05, 0.1) is 6.04 Å². The lowest BCUT2D eigenvalue weighted by Crippen LogP contribution is -2.31. The number of Topliss-reactive ketones (excluding diaryl/α,β-unsaturated/α-hetero) is 1. The van der Waals surface area contributed by atoms with E-state index in [1.165, 1.54) is 18.2 Å². The molecule has 1 saturated heterocycles. The molecule has 1 aliphatic heterocycles. The molecule has 2 atom stereocenters. The Labute approximate surface area is 165 Å². The maximum Gasteiger partial charge on any atom is 0.259 e. The maximum absolute atomic E-state index is 12.5. The van der Waals surface area contributed by atoms with Gasteiger partial charge < -0.3 is 15.5 Å². The van der Waals surface area contributed by atoms with Crippen LogP contribution in [0, 0.1) is 5.92 Å². The van der Waals surface area contributed by atoms with Gasteiger partial charge in [0.15, 0.2) is 5.78 Å². The van der Waals surface area contributed by atoms with Crippen molar-refractivity contribution in [3.8, 4) is 5.75 Å². The Morgan fingerprint density at radius 1 is 1.18 bits per heavy atom. The Balaban J connectivity index is 2.06. The number of aromatic hydroxyl groups is 1. The third-order valence-electron chi connectivity index (χ3n) is 4.64. The number of benzene rings is 1. The van der Waals surface area contributed by atoms with Gasteiger partial charge in [0.2, 0.25) is 0 Å². The summed E-state index contributed by atoms with van der Waals surface area (Å²) in [7, 11) is 0. The molecule has 1 amide bonds. The zero-order valence-corrected chi connectivity index (χ0v) is 16.5. The van der Waals surface area contributed by atoms with E-state index in [1.54, 1.807) is 24.3 Å². The Morgan fingerprint density at radius 2 is 1.82 bits per heavy atom. The standard InChI is InChI=1S/C23H27NO4/c1-4-15(2)13-16(3)7-5-6-8-20(26)21-22(27)19(24-23(21)28)14-17-9-11-18(25)12-10-17/h5-13,15,19,25-26H,4,14H2,1-3H3,(H,24,28)/b7-5+,8-6+,16-13+,21-20+. The van der Waals surface area contributed by atoms with Crippen molar-refractivity contribution in [2.24, 2.45) is 5.92 Å². The second-order valence-corrected chi connectivity index (χ2v) is 7.04. The second-order valence-electron chi connectivity index (χ2n) is 7.04. The van der Waals surface area contributed by atoms with Crippen molar-refractivity contribution >= 4 is 11.7 Å². The van der Waals surface area contributed by atoms with E-state index in [-0.39, 0.29) is 17.1 Å². The molecule has 1 aliphatic rings. The average molecular weight is 381 g/mol. The lowest BCUT2D eigenvalue weighted by atomic mass is 10.0. The maximum atomic E-state index is 12.5. The van der Waals surface area contributed by atoms with Gasteiger partial charge in [-0.1, -0.05) is 62.3 Å². The van der Waals surface area contributed by atoms with Gasteiger partial charge in [-0.15, -0.1) is 0 Å². The van der Waals surface area contributed by atoms with Crippen molar-refractivity contribution in [2.75, 3.05) is 0 Å². The highest BCUT2D eigenvalue weighted by Crippen LogP contribution is 2.19. The number of allylic oxidation sites excluding steroid dienone is 6. The number of carbonyl (C=O) groups excluding carboxylic acids is 2. The van der Waals surface area contributed by atoms with Gasteiger partial charge in [-0.3, -0.25) is 9.59 Å². The first kappa shape index (κ1) is 21.2. The van der Waals surface area contributed by atoms with Crippen LogP contribution in [-0.2, 0) is 16.0 Å². The van der Waals surface area contributed by atoms with Gasteiger partial charge in [0, 0.05) is 6.42 Å². The van der Waals surface area contributed by atoms with E-state index >= 15 is 0 Å². The van der Waals surface area contributed by atoms with Crippen LogP contribution in [0.1, 0.15) is 32.8 Å². The topological polar surface area (TPSA) is 86.6 Å². The first-order chi connectivity index (χ1) is 13.3. The van der Waals surface area contributed by atoms with E-state index in [4.69, 9.17) is 0 Å². The van der Waals surface area contributed by atoms with E-state index in [9.17, 15) is 19.8 Å². The van der Waals surface area contributed by atoms with Crippen LogP contribution in [0.5, 0.6) is 5.75 Å². The van der Waals surface area contributed by atoms with Crippen LogP contribution >= 0.6 is 0 Å². The molecule has 1 aromatic carbocycles. The fraction of sp³-hybridized carbons (Fsp3) is 0.304. The molecule has 0 aliphatic carbocycles. The van der Waals surface area contributed by atoms with Crippen molar-refractivity contribution in [1.29, 1.82) is 0 Å². The normalized spacial score (nSPS) is 20.8. The molecule has 0 radical (unpaired) electrons. The predicted octanol–water partition coefficient (Wildman–Crippen LogP) is 3.92. The fourth-order valence-corrected chi connectivity index (χ4v) is 2.90. The number of hydrogen-bond donors (Lipinski definition) is 3. The Hall–Kier alpha value is -3.08. The van der Waals surface area contributed by atoms with E-state index in [2.05, 4.69) is 25.2 Å². The molecule has 2 unspecified atom stereocenters. The first-order valence-electron chi connectivity index (χ1n) is 9.41. The highest BCUT2D eigenvalue weighted by Gasteiger charge is 2.37. The lowest BCUT2D eigenvalue weighted by Gasteiger charge is -2.07. The van der Waals surface area contributed by atoms with Gasteiger partial charge in [-0.25, -0.2) is 0 Å². The smallest absolute Gasteiger partial charge is 0.259 e. The fourth-order valence-electron chi connectivity index (χ4n) is 2.90. The summed E-state index contributed by atoms with van der Waals surface area (Å²) in [6.07, 6.45) is 10.1. The number of rotatable bonds is 7. The highest BCUT2D eigenvalue weighted by atomic mass is 16.3. The third kappa shape index (κ3) is 5.71. The molecule has 1 heterocycles. The summed E-state index contributed by atoms with van der Waals surface area (Å²) < 4.78 is 0. The van der Waals surface area contributed by atoms with Crippen molar-refractivity contribution in [3.05, 3.63) is 77.1 Å². The molecule has 148 valence electrons. The minimum absolute atomic E-state index is 0.135. The second kappa shape index (κ2) is 9.74. The molecule has 0 bridgehead atoms. The van der Waals surface area contributed by atoms with Gasteiger partial charge in [-0.2, -0.15) is 0 Å². The number of hydrogen-bond acceptors (Lipinski definition) is 4. The van der Waals surface area contributed by atoms with Gasteiger partial charge in [0.1, 0.15) is 17.1 Å². The summed E-state index contributed by atoms with van der Waals surface area (Å²) in [4.78, 5) is 24.6. The molecule has 28 heavy (non-hydrogen) atoms. The average Bonchev–Trinajstić information content (AvgIpc) is 2.93. The number of ketones is 1. The largest absolute Gasteiger partial charge is 0.508 e. The summed E-state index contributed by atoms with van der Waals surface area (Å²) in [5.41, 5.74) is 1.69. The Bertz CT molecular complexity index is 844. The minimum atomic E-state index is -0.723. The van der Waals surface area contributed by atoms with Crippen molar-refractivity contribution in [3.63, 3.8) is 0 Å². The van der Waals surface area contributed by atoms with E-state index in [0.717, 1.165) is 17.6 Å². The van der Waals surface area contributed by atoms with Crippen LogP contribution in [0.3, 0.4) is 0 Å². The van der Waals surface area contributed by atoms with Crippen LogP contribution in [0.25, 0.3) is 0 Å². The van der Waals surface area contributed by atoms with Crippen LogP contribution in [0.2, 0.25) is 0 Å². The molecule has 3 N–H and O–H groups in total. The number of aliphatic hydroxyl groups excluding tert-OH is 1. The highest BCUT2D eigenvalue weighted by molar-refractivity contribution is 6.27. The van der Waals surface area contributed by atoms with Crippen molar-refractivity contribution in [1.82, 2.24) is 5.32 Å².